The first-order valence-electron chi connectivity index (χ1n) is 7.99. The summed E-state index contributed by atoms with van der Waals surface area (Å²) in [6, 6.07) is 3.21. The molecule has 27 heavy (non-hydrogen) atoms. The lowest BCUT2D eigenvalue weighted by molar-refractivity contribution is 0.0489. The predicted molar refractivity (Wildman–Crippen MR) is 101 cm³/mol. The smallest absolute Gasteiger partial charge is 0.342 e. The van der Waals surface area contributed by atoms with Crippen LogP contribution in [0.3, 0.4) is 0 Å². The molecule has 0 spiro atoms. The second-order valence-corrected chi connectivity index (χ2v) is 6.95. The number of carbonyl (C=O) groups excluding carboxylic acids is 1. The van der Waals surface area contributed by atoms with Gasteiger partial charge in [-0.3, -0.25) is 13.9 Å². The topological polar surface area (TPSA) is 108 Å². The number of aromatic nitrogens is 4. The van der Waals surface area contributed by atoms with Gasteiger partial charge in [-0.2, -0.15) is 0 Å². The van der Waals surface area contributed by atoms with Crippen molar-refractivity contribution in [3.05, 3.63) is 54.9 Å². The van der Waals surface area contributed by atoms with Crippen molar-refractivity contribution in [3.63, 3.8) is 0 Å². The Morgan fingerprint density at radius 3 is 2.67 bits per heavy atom. The molecule has 3 aromatic rings. The Balaban J connectivity index is 1.82. The van der Waals surface area contributed by atoms with Gasteiger partial charge in [0.1, 0.15) is 17.9 Å². The van der Waals surface area contributed by atoms with Crippen molar-refractivity contribution in [3.8, 4) is 5.75 Å². The van der Waals surface area contributed by atoms with Crippen LogP contribution in [-0.2, 0) is 25.4 Å². The van der Waals surface area contributed by atoms with Crippen molar-refractivity contribution >= 4 is 33.1 Å². The molecule has 0 atom stereocenters. The SMILES string of the molecule is Cc1cc(Br)c(O)c(C(=O)OCCn2cnc3c2c(=O)n(C)c(=O)n3C)c1. The average molecular weight is 437 g/mol. The van der Waals surface area contributed by atoms with Crippen molar-refractivity contribution in [2.45, 2.75) is 13.5 Å². The summed E-state index contributed by atoms with van der Waals surface area (Å²) < 4.78 is 9.42. The number of hydrogen-bond donors (Lipinski definition) is 1. The van der Waals surface area contributed by atoms with Crippen LogP contribution in [0.15, 0.2) is 32.5 Å². The highest BCUT2D eigenvalue weighted by molar-refractivity contribution is 9.10. The summed E-state index contributed by atoms with van der Waals surface area (Å²) in [5, 5.41) is 10.0. The number of aryl methyl sites for hydroxylation is 2. The number of fused-ring (bicyclic) bond motifs is 1. The number of carbonyl (C=O) groups is 1. The third-order valence-corrected chi connectivity index (χ3v) is 4.81. The van der Waals surface area contributed by atoms with Crippen molar-refractivity contribution in [2.24, 2.45) is 14.1 Å². The fourth-order valence-electron chi connectivity index (χ4n) is 2.77. The van der Waals surface area contributed by atoms with Gasteiger partial charge < -0.3 is 14.4 Å². The number of phenols is 1. The lowest BCUT2D eigenvalue weighted by Gasteiger charge is -2.10. The number of ether oxygens (including phenoxy) is 1. The highest BCUT2D eigenvalue weighted by atomic mass is 79.9. The summed E-state index contributed by atoms with van der Waals surface area (Å²) in [5.74, 6) is -0.871. The van der Waals surface area contributed by atoms with Gasteiger partial charge in [0, 0.05) is 14.1 Å². The van der Waals surface area contributed by atoms with E-state index < -0.39 is 17.2 Å². The maximum absolute atomic E-state index is 12.4. The molecule has 0 saturated carbocycles. The van der Waals surface area contributed by atoms with E-state index in [9.17, 15) is 19.5 Å². The maximum Gasteiger partial charge on any atom is 0.342 e. The molecule has 0 radical (unpaired) electrons. The van der Waals surface area contributed by atoms with Crippen molar-refractivity contribution in [1.82, 2.24) is 18.7 Å². The normalized spacial score (nSPS) is 11.1. The zero-order valence-electron chi connectivity index (χ0n) is 14.9. The second-order valence-electron chi connectivity index (χ2n) is 6.09. The van der Waals surface area contributed by atoms with Gasteiger partial charge in [0.25, 0.3) is 5.56 Å². The molecule has 0 saturated heterocycles. The fraction of sp³-hybridized carbons (Fsp3) is 0.294. The van der Waals surface area contributed by atoms with Crippen LogP contribution in [0.5, 0.6) is 5.75 Å². The number of rotatable bonds is 4. The molecule has 9 nitrogen and oxygen atoms in total. The summed E-state index contributed by atoms with van der Waals surface area (Å²) >= 11 is 3.18. The zero-order valence-corrected chi connectivity index (χ0v) is 16.5. The van der Waals surface area contributed by atoms with Gasteiger partial charge in [0.15, 0.2) is 11.2 Å². The predicted octanol–water partition coefficient (Wildman–Crippen LogP) is 1.07. The lowest BCUT2D eigenvalue weighted by Crippen LogP contribution is -2.37. The highest BCUT2D eigenvalue weighted by Gasteiger charge is 2.17. The van der Waals surface area contributed by atoms with Crippen molar-refractivity contribution in [1.29, 1.82) is 0 Å². The minimum atomic E-state index is -0.679. The molecule has 1 aromatic carbocycles. The van der Waals surface area contributed by atoms with Crippen LogP contribution in [-0.4, -0.2) is 36.4 Å². The number of halogens is 1. The van der Waals surface area contributed by atoms with E-state index in [1.807, 2.05) is 0 Å². The van der Waals surface area contributed by atoms with E-state index in [4.69, 9.17) is 4.74 Å². The number of benzene rings is 1. The zero-order chi connectivity index (χ0) is 19.9. The molecule has 0 aliphatic heterocycles. The molecule has 0 aliphatic rings. The first-order chi connectivity index (χ1) is 12.7. The Kier molecular flexibility index (Phi) is 4.92. The van der Waals surface area contributed by atoms with E-state index >= 15 is 0 Å². The second kappa shape index (κ2) is 7.03. The molecule has 0 bridgehead atoms. The third-order valence-electron chi connectivity index (χ3n) is 4.21. The van der Waals surface area contributed by atoms with Crippen LogP contribution < -0.4 is 11.2 Å². The quantitative estimate of drug-likeness (QED) is 0.612. The number of nitrogens with zero attached hydrogens (tertiary/aromatic N) is 4. The molecule has 2 heterocycles. The van der Waals surface area contributed by atoms with E-state index in [-0.39, 0.29) is 35.6 Å². The minimum Gasteiger partial charge on any atom is -0.506 e. The molecule has 2 aromatic heterocycles. The Hall–Kier alpha value is -2.88. The van der Waals surface area contributed by atoms with Crippen LogP contribution in [0.2, 0.25) is 0 Å². The number of hydrogen-bond acceptors (Lipinski definition) is 6. The molecule has 10 heteroatoms. The van der Waals surface area contributed by atoms with Crippen LogP contribution in [0.25, 0.3) is 11.2 Å². The molecule has 1 N–H and O–H groups in total. The van der Waals surface area contributed by atoms with E-state index in [0.29, 0.717) is 4.47 Å². The van der Waals surface area contributed by atoms with Gasteiger partial charge in [-0.05, 0) is 40.5 Å². The lowest BCUT2D eigenvalue weighted by atomic mass is 10.1. The van der Waals surface area contributed by atoms with Crippen LogP contribution in [0.1, 0.15) is 15.9 Å². The van der Waals surface area contributed by atoms with E-state index in [2.05, 4.69) is 20.9 Å². The van der Waals surface area contributed by atoms with E-state index in [1.165, 1.54) is 35.6 Å². The summed E-state index contributed by atoms with van der Waals surface area (Å²) in [6.07, 6.45) is 1.42. The molecule has 0 amide bonds. The molecular weight excluding hydrogens is 420 g/mol. The summed E-state index contributed by atoms with van der Waals surface area (Å²) in [7, 11) is 2.92. The number of imidazole rings is 1. The van der Waals surface area contributed by atoms with Gasteiger partial charge in [-0.25, -0.2) is 14.6 Å². The number of aromatic hydroxyl groups is 1. The largest absolute Gasteiger partial charge is 0.506 e. The average Bonchev–Trinajstić information content (AvgIpc) is 3.05. The molecule has 142 valence electrons. The van der Waals surface area contributed by atoms with Gasteiger partial charge in [-0.15, -0.1) is 0 Å². The monoisotopic (exact) mass is 436 g/mol. The molecule has 0 fully saturated rings. The summed E-state index contributed by atoms with van der Waals surface area (Å²) in [5.41, 5.74) is 0.403. The standard InChI is InChI=1S/C17H17BrN4O5/c1-9-6-10(13(23)11(18)7-9)16(25)27-5-4-22-8-19-14-12(22)15(24)21(3)17(26)20(14)2/h6-8,23H,4-5H2,1-3H3. The van der Waals surface area contributed by atoms with Crippen LogP contribution in [0.4, 0.5) is 0 Å². The molecule has 0 unspecified atom stereocenters. The van der Waals surface area contributed by atoms with Crippen molar-refractivity contribution < 1.29 is 14.6 Å². The van der Waals surface area contributed by atoms with Crippen LogP contribution in [0, 0.1) is 6.92 Å². The van der Waals surface area contributed by atoms with Gasteiger partial charge >= 0.3 is 11.7 Å². The molecular formula is C17H17BrN4O5. The number of phenolic OH excluding ortho intramolecular Hbond substituents is 1. The Bertz CT molecular complexity index is 1170. The molecule has 3 rings (SSSR count). The Morgan fingerprint density at radius 2 is 1.96 bits per heavy atom. The molecule has 0 aliphatic carbocycles. The van der Waals surface area contributed by atoms with Crippen LogP contribution >= 0.6 is 15.9 Å². The van der Waals surface area contributed by atoms with Gasteiger partial charge in [-0.1, -0.05) is 0 Å². The fourth-order valence-corrected chi connectivity index (χ4v) is 3.35. The maximum atomic E-state index is 12.4. The third kappa shape index (κ3) is 3.27. The first kappa shape index (κ1) is 18.9. The number of esters is 1. The van der Waals surface area contributed by atoms with E-state index in [1.54, 1.807) is 13.0 Å². The Morgan fingerprint density at radius 1 is 1.26 bits per heavy atom. The van der Waals surface area contributed by atoms with Gasteiger partial charge in [0.05, 0.1) is 17.3 Å². The summed E-state index contributed by atoms with van der Waals surface area (Å²) in [6.45, 7) is 1.92. The van der Waals surface area contributed by atoms with E-state index in [0.717, 1.165) is 10.1 Å². The summed E-state index contributed by atoms with van der Waals surface area (Å²) in [4.78, 5) is 40.6. The van der Waals surface area contributed by atoms with Crippen molar-refractivity contribution in [2.75, 3.05) is 6.61 Å². The first-order valence-corrected chi connectivity index (χ1v) is 8.78. The minimum absolute atomic E-state index is 0.0404. The Labute approximate surface area is 161 Å². The highest BCUT2D eigenvalue weighted by Crippen LogP contribution is 2.29. The van der Waals surface area contributed by atoms with Gasteiger partial charge in [0.2, 0.25) is 0 Å².